The van der Waals surface area contributed by atoms with Crippen LogP contribution in [0.2, 0.25) is 0 Å². The van der Waals surface area contributed by atoms with Crippen LogP contribution in [0, 0.1) is 34.6 Å². The standard InChI is InChI=1S/C25H32N4O2S/c1-14-11-15(2)22(16(3)12-14)27-23(30)18(5)29-20(13-28-9-7-8-10-28)26-24-21(25(29)31)17(4)19(6)32-24/h11-12,18H,7-10,13H2,1-6H3,(H,27,30). The second-order valence-electron chi connectivity index (χ2n) is 9.09. The van der Waals surface area contributed by atoms with Gasteiger partial charge in [-0.1, -0.05) is 17.7 Å². The van der Waals surface area contributed by atoms with E-state index in [-0.39, 0.29) is 11.5 Å². The van der Waals surface area contributed by atoms with Crippen LogP contribution in [0.25, 0.3) is 10.2 Å². The summed E-state index contributed by atoms with van der Waals surface area (Å²) in [4.78, 5) is 36.1. The lowest BCUT2D eigenvalue weighted by atomic mass is 10.0. The molecule has 170 valence electrons. The van der Waals surface area contributed by atoms with Crippen LogP contribution in [-0.2, 0) is 11.3 Å². The molecule has 1 aliphatic rings. The molecule has 1 aliphatic heterocycles. The number of aromatic nitrogens is 2. The fourth-order valence-electron chi connectivity index (χ4n) is 4.72. The van der Waals surface area contributed by atoms with Gasteiger partial charge in [-0.25, -0.2) is 4.98 Å². The molecule has 6 nitrogen and oxygen atoms in total. The maximum Gasteiger partial charge on any atom is 0.263 e. The Hall–Kier alpha value is -2.51. The highest BCUT2D eigenvalue weighted by molar-refractivity contribution is 7.18. The zero-order valence-corrected chi connectivity index (χ0v) is 20.7. The molecule has 0 bridgehead atoms. The molecule has 0 aliphatic carbocycles. The number of amides is 1. The van der Waals surface area contributed by atoms with Crippen LogP contribution >= 0.6 is 11.3 Å². The van der Waals surface area contributed by atoms with E-state index in [0.29, 0.717) is 17.8 Å². The van der Waals surface area contributed by atoms with Crippen LogP contribution in [-0.4, -0.2) is 33.4 Å². The highest BCUT2D eigenvalue weighted by Gasteiger charge is 2.26. The summed E-state index contributed by atoms with van der Waals surface area (Å²) in [6.07, 6.45) is 2.32. The number of carbonyl (C=O) groups excluding carboxylic acids is 1. The third kappa shape index (κ3) is 4.11. The number of hydrogen-bond donors (Lipinski definition) is 1. The summed E-state index contributed by atoms with van der Waals surface area (Å²) in [7, 11) is 0. The number of carbonyl (C=O) groups is 1. The molecule has 1 N–H and O–H groups in total. The van der Waals surface area contributed by atoms with Crippen LogP contribution < -0.4 is 10.9 Å². The average molecular weight is 453 g/mol. The van der Waals surface area contributed by atoms with Crippen LogP contribution in [0.5, 0.6) is 0 Å². The fourth-order valence-corrected chi connectivity index (χ4v) is 5.76. The molecule has 1 amide bonds. The highest BCUT2D eigenvalue weighted by Crippen LogP contribution is 2.28. The third-order valence-electron chi connectivity index (χ3n) is 6.56. The molecular weight excluding hydrogens is 420 g/mol. The smallest absolute Gasteiger partial charge is 0.263 e. The van der Waals surface area contributed by atoms with Gasteiger partial charge < -0.3 is 5.32 Å². The van der Waals surface area contributed by atoms with Gasteiger partial charge in [0.05, 0.1) is 11.9 Å². The van der Waals surface area contributed by atoms with Crippen LogP contribution in [0.15, 0.2) is 16.9 Å². The number of benzene rings is 1. The quantitative estimate of drug-likeness (QED) is 0.604. The van der Waals surface area contributed by atoms with E-state index in [1.807, 2.05) is 34.6 Å². The second kappa shape index (κ2) is 8.79. The molecule has 3 aromatic rings. The minimum absolute atomic E-state index is 0.119. The number of aryl methyl sites for hydroxylation is 5. The van der Waals surface area contributed by atoms with E-state index in [4.69, 9.17) is 4.98 Å². The normalized spacial score (nSPS) is 15.4. The predicted molar refractivity (Wildman–Crippen MR) is 132 cm³/mol. The largest absolute Gasteiger partial charge is 0.324 e. The van der Waals surface area contributed by atoms with E-state index < -0.39 is 6.04 Å². The highest BCUT2D eigenvalue weighted by atomic mass is 32.1. The van der Waals surface area contributed by atoms with Crippen molar-refractivity contribution in [1.29, 1.82) is 0 Å². The molecule has 0 radical (unpaired) electrons. The van der Waals surface area contributed by atoms with Crippen LogP contribution in [0.4, 0.5) is 5.69 Å². The summed E-state index contributed by atoms with van der Waals surface area (Å²) in [5, 5.41) is 3.72. The lowest BCUT2D eigenvalue weighted by Crippen LogP contribution is -2.36. The first kappa shape index (κ1) is 22.7. The summed E-state index contributed by atoms with van der Waals surface area (Å²) in [5.74, 6) is 0.473. The van der Waals surface area contributed by atoms with Gasteiger partial charge in [-0.2, -0.15) is 0 Å². The van der Waals surface area contributed by atoms with E-state index in [9.17, 15) is 9.59 Å². The zero-order valence-electron chi connectivity index (χ0n) is 19.8. The summed E-state index contributed by atoms with van der Waals surface area (Å²) < 4.78 is 1.62. The van der Waals surface area contributed by atoms with E-state index in [0.717, 1.165) is 63.6 Å². The molecule has 3 heterocycles. The van der Waals surface area contributed by atoms with Crippen LogP contribution in [0.1, 0.15) is 58.8 Å². The molecule has 1 atom stereocenters. The number of fused-ring (bicyclic) bond motifs is 1. The minimum atomic E-state index is -0.670. The van der Waals surface area contributed by atoms with Gasteiger partial charge in [-0.3, -0.25) is 19.1 Å². The minimum Gasteiger partial charge on any atom is -0.324 e. The maximum atomic E-state index is 13.7. The number of rotatable bonds is 5. The Bertz CT molecular complexity index is 1230. The summed E-state index contributed by atoms with van der Waals surface area (Å²) in [6, 6.07) is 3.45. The molecule has 1 fully saturated rings. The van der Waals surface area contributed by atoms with E-state index in [1.54, 1.807) is 22.8 Å². The lowest BCUT2D eigenvalue weighted by Gasteiger charge is -2.23. The Labute approximate surface area is 193 Å². The Kier molecular flexibility index (Phi) is 6.23. The van der Waals surface area contributed by atoms with Crippen LogP contribution in [0.3, 0.4) is 0 Å². The predicted octanol–water partition coefficient (Wildman–Crippen LogP) is 4.80. The van der Waals surface area contributed by atoms with E-state index in [2.05, 4.69) is 22.3 Å². The lowest BCUT2D eigenvalue weighted by molar-refractivity contribution is -0.119. The summed E-state index contributed by atoms with van der Waals surface area (Å²) >= 11 is 1.56. The summed E-state index contributed by atoms with van der Waals surface area (Å²) in [6.45, 7) is 14.4. The first-order valence-corrected chi connectivity index (χ1v) is 12.1. The first-order valence-electron chi connectivity index (χ1n) is 11.3. The number of nitrogens with zero attached hydrogens (tertiary/aromatic N) is 3. The number of anilines is 1. The third-order valence-corrected chi connectivity index (χ3v) is 7.66. The van der Waals surface area contributed by atoms with Crippen molar-refractivity contribution in [2.24, 2.45) is 0 Å². The molecular formula is C25H32N4O2S. The molecule has 1 saturated heterocycles. The van der Waals surface area contributed by atoms with E-state index >= 15 is 0 Å². The van der Waals surface area contributed by atoms with Gasteiger partial charge in [-0.15, -0.1) is 11.3 Å². The molecule has 2 aromatic heterocycles. The number of hydrogen-bond acceptors (Lipinski definition) is 5. The van der Waals surface area contributed by atoms with Gasteiger partial charge in [-0.05, 0) is 84.2 Å². The molecule has 0 spiro atoms. The Morgan fingerprint density at radius 2 is 1.75 bits per heavy atom. The van der Waals surface area contributed by atoms with Crippen molar-refractivity contribution in [2.45, 2.75) is 67.0 Å². The molecule has 1 unspecified atom stereocenters. The van der Waals surface area contributed by atoms with Crippen molar-refractivity contribution in [3.8, 4) is 0 Å². The number of likely N-dealkylation sites (tertiary alicyclic amines) is 1. The molecule has 7 heteroatoms. The average Bonchev–Trinajstić information content (AvgIpc) is 3.32. The van der Waals surface area contributed by atoms with Crippen molar-refractivity contribution in [1.82, 2.24) is 14.5 Å². The van der Waals surface area contributed by atoms with Gasteiger partial charge in [0.2, 0.25) is 5.91 Å². The fraction of sp³-hybridized carbons (Fsp3) is 0.480. The molecule has 32 heavy (non-hydrogen) atoms. The van der Waals surface area contributed by atoms with Crippen molar-refractivity contribution >= 4 is 33.1 Å². The zero-order chi connectivity index (χ0) is 23.2. The van der Waals surface area contributed by atoms with Crippen molar-refractivity contribution < 1.29 is 4.79 Å². The monoisotopic (exact) mass is 452 g/mol. The number of nitrogens with one attached hydrogen (secondary N) is 1. The Morgan fingerprint density at radius 3 is 2.38 bits per heavy atom. The topological polar surface area (TPSA) is 67.2 Å². The van der Waals surface area contributed by atoms with Crippen molar-refractivity contribution in [3.63, 3.8) is 0 Å². The second-order valence-corrected chi connectivity index (χ2v) is 10.3. The molecule has 4 rings (SSSR count). The van der Waals surface area contributed by atoms with E-state index in [1.165, 1.54) is 0 Å². The molecule has 0 saturated carbocycles. The molecule has 1 aromatic carbocycles. The van der Waals surface area contributed by atoms with Gasteiger partial charge >= 0.3 is 0 Å². The van der Waals surface area contributed by atoms with Crippen molar-refractivity contribution in [3.05, 3.63) is 55.4 Å². The Morgan fingerprint density at radius 1 is 1.12 bits per heavy atom. The van der Waals surface area contributed by atoms with Gasteiger partial charge in [0.25, 0.3) is 5.56 Å². The number of thiophene rings is 1. The van der Waals surface area contributed by atoms with Crippen molar-refractivity contribution in [2.75, 3.05) is 18.4 Å². The van der Waals surface area contributed by atoms with Gasteiger partial charge in [0.1, 0.15) is 16.7 Å². The van der Waals surface area contributed by atoms with Gasteiger partial charge in [0, 0.05) is 10.6 Å². The Balaban J connectivity index is 1.77. The SMILES string of the molecule is Cc1cc(C)c(NC(=O)C(C)n2c(CN3CCCC3)nc3sc(C)c(C)c3c2=O)c(C)c1. The maximum absolute atomic E-state index is 13.7. The first-order chi connectivity index (χ1) is 15.2. The van der Waals surface area contributed by atoms with Gasteiger partial charge in [0.15, 0.2) is 0 Å². The summed E-state index contributed by atoms with van der Waals surface area (Å²) in [5.41, 5.74) is 4.86.